The number of esters is 1. The molecule has 0 saturated carbocycles. The normalized spacial score (nSPS) is 17.5. The van der Waals surface area contributed by atoms with Gasteiger partial charge in [-0.1, -0.05) is 30.3 Å². The maximum atomic E-state index is 13.8. The summed E-state index contributed by atoms with van der Waals surface area (Å²) in [5, 5.41) is 12.8. The highest BCUT2D eigenvalue weighted by atomic mass is 16.6. The SMILES string of the molecule is CCOC(=O)N1CCN(C(=O)C(CCC(=O)OC(C)(C)C)NC(=O)c2cc(N3CCCC3CO)nc(-c3ccccc3)n2)CC1. The number of ether oxygens (including phenoxy) is 2. The zero-order chi connectivity index (χ0) is 32.6. The Morgan fingerprint density at radius 1 is 1.02 bits per heavy atom. The lowest BCUT2D eigenvalue weighted by Gasteiger charge is -2.36. The van der Waals surface area contributed by atoms with Gasteiger partial charge in [0.25, 0.3) is 5.91 Å². The van der Waals surface area contributed by atoms with Crippen LogP contribution in [-0.2, 0) is 19.1 Å². The van der Waals surface area contributed by atoms with Crippen LogP contribution in [0.2, 0.25) is 0 Å². The first-order valence-electron chi connectivity index (χ1n) is 15.5. The average Bonchev–Trinajstić information content (AvgIpc) is 3.51. The third-order valence-corrected chi connectivity index (χ3v) is 7.64. The van der Waals surface area contributed by atoms with E-state index in [9.17, 15) is 24.3 Å². The topological polar surface area (TPSA) is 154 Å². The van der Waals surface area contributed by atoms with Gasteiger partial charge in [0, 0.05) is 50.8 Å². The lowest BCUT2D eigenvalue weighted by atomic mass is 10.1. The van der Waals surface area contributed by atoms with Gasteiger partial charge in [-0.25, -0.2) is 14.8 Å². The van der Waals surface area contributed by atoms with E-state index < -0.39 is 29.6 Å². The summed E-state index contributed by atoms with van der Waals surface area (Å²) in [7, 11) is 0. The minimum Gasteiger partial charge on any atom is -0.460 e. The van der Waals surface area contributed by atoms with E-state index in [-0.39, 0.29) is 69.9 Å². The Morgan fingerprint density at radius 2 is 1.71 bits per heavy atom. The van der Waals surface area contributed by atoms with Crippen LogP contribution < -0.4 is 10.2 Å². The summed E-state index contributed by atoms with van der Waals surface area (Å²) < 4.78 is 10.5. The second kappa shape index (κ2) is 15.2. The molecule has 2 aromatic rings. The molecule has 2 aliphatic heterocycles. The van der Waals surface area contributed by atoms with Crippen molar-refractivity contribution in [3.05, 3.63) is 42.1 Å². The highest BCUT2D eigenvalue weighted by molar-refractivity contribution is 5.97. The van der Waals surface area contributed by atoms with E-state index >= 15 is 0 Å². The molecule has 3 amide bonds. The number of benzene rings is 1. The van der Waals surface area contributed by atoms with Crippen LogP contribution in [0.25, 0.3) is 11.4 Å². The standard InChI is InChI=1S/C32H44N6O7/c1-5-44-31(43)37-18-16-36(17-19-37)30(42)24(13-14-27(40)45-32(2,3)4)34-29(41)25-20-26(38-15-9-12-23(38)21-39)35-28(33-25)22-10-7-6-8-11-22/h6-8,10-11,20,23-24,39H,5,9,12-19,21H2,1-4H3,(H,34,41). The molecule has 0 aliphatic carbocycles. The monoisotopic (exact) mass is 624 g/mol. The highest BCUT2D eigenvalue weighted by Gasteiger charge is 2.33. The molecule has 0 bridgehead atoms. The van der Waals surface area contributed by atoms with Crippen LogP contribution in [0.5, 0.6) is 0 Å². The van der Waals surface area contributed by atoms with Crippen LogP contribution in [0.4, 0.5) is 10.6 Å². The van der Waals surface area contributed by atoms with Gasteiger partial charge < -0.3 is 34.6 Å². The number of carbonyl (C=O) groups excluding carboxylic acids is 4. The lowest BCUT2D eigenvalue weighted by Crippen LogP contribution is -2.56. The molecule has 13 heteroatoms. The first-order valence-corrected chi connectivity index (χ1v) is 15.5. The maximum Gasteiger partial charge on any atom is 0.409 e. The van der Waals surface area contributed by atoms with Crippen molar-refractivity contribution in [2.24, 2.45) is 0 Å². The fraction of sp³-hybridized carbons (Fsp3) is 0.562. The van der Waals surface area contributed by atoms with Gasteiger partial charge in [0.1, 0.15) is 23.2 Å². The number of hydrogen-bond acceptors (Lipinski definition) is 10. The van der Waals surface area contributed by atoms with Gasteiger partial charge in [-0.3, -0.25) is 14.4 Å². The minimum absolute atomic E-state index is 0.0137. The van der Waals surface area contributed by atoms with Gasteiger partial charge in [0.2, 0.25) is 5.91 Å². The molecule has 2 atom stereocenters. The Bertz CT molecular complexity index is 1340. The summed E-state index contributed by atoms with van der Waals surface area (Å²) in [4.78, 5) is 66.7. The van der Waals surface area contributed by atoms with Gasteiger partial charge in [-0.05, 0) is 47.0 Å². The van der Waals surface area contributed by atoms with Crippen molar-refractivity contribution < 1.29 is 33.8 Å². The van der Waals surface area contributed by atoms with E-state index in [0.29, 0.717) is 23.8 Å². The fourth-order valence-corrected chi connectivity index (χ4v) is 5.43. The zero-order valence-electron chi connectivity index (χ0n) is 26.5. The summed E-state index contributed by atoms with van der Waals surface area (Å²) in [6.07, 6.45) is 1.16. The third kappa shape index (κ3) is 9.13. The number of hydrogen-bond donors (Lipinski definition) is 2. The number of anilines is 1. The molecule has 3 heterocycles. The number of piperazine rings is 1. The molecular weight excluding hydrogens is 580 g/mol. The molecule has 0 spiro atoms. The minimum atomic E-state index is -1.05. The lowest BCUT2D eigenvalue weighted by molar-refractivity contribution is -0.155. The molecular formula is C32H44N6O7. The Labute approximate surface area is 263 Å². The molecule has 1 aromatic carbocycles. The van der Waals surface area contributed by atoms with Crippen molar-refractivity contribution in [3.8, 4) is 11.4 Å². The molecule has 2 N–H and O–H groups in total. The molecule has 45 heavy (non-hydrogen) atoms. The summed E-state index contributed by atoms with van der Waals surface area (Å²) in [5.74, 6) is -0.594. The van der Waals surface area contributed by atoms with Crippen LogP contribution >= 0.6 is 0 Å². The smallest absolute Gasteiger partial charge is 0.409 e. The number of aromatic nitrogens is 2. The number of nitrogens with zero attached hydrogens (tertiary/aromatic N) is 5. The highest BCUT2D eigenvalue weighted by Crippen LogP contribution is 2.27. The Hall–Kier alpha value is -4.26. The first-order chi connectivity index (χ1) is 21.5. The van der Waals surface area contributed by atoms with E-state index in [1.165, 1.54) is 4.90 Å². The molecule has 0 radical (unpaired) electrons. The van der Waals surface area contributed by atoms with Crippen molar-refractivity contribution >= 4 is 29.7 Å². The number of rotatable bonds is 10. The molecule has 2 aliphatic rings. The van der Waals surface area contributed by atoms with Crippen molar-refractivity contribution in [3.63, 3.8) is 0 Å². The molecule has 1 aromatic heterocycles. The second-order valence-electron chi connectivity index (χ2n) is 12.1. The van der Waals surface area contributed by atoms with Crippen LogP contribution in [-0.4, -0.2) is 112 Å². The van der Waals surface area contributed by atoms with E-state index in [2.05, 4.69) is 10.3 Å². The molecule has 244 valence electrons. The summed E-state index contributed by atoms with van der Waals surface area (Å²) in [5.41, 5.74) is 0.0750. The Morgan fingerprint density at radius 3 is 2.36 bits per heavy atom. The van der Waals surface area contributed by atoms with E-state index in [0.717, 1.165) is 12.8 Å². The van der Waals surface area contributed by atoms with Crippen LogP contribution in [0.15, 0.2) is 36.4 Å². The molecule has 4 rings (SSSR count). The quantitative estimate of drug-likeness (QED) is 0.377. The van der Waals surface area contributed by atoms with Crippen molar-refractivity contribution in [1.29, 1.82) is 0 Å². The Balaban J connectivity index is 1.58. The number of nitrogens with one attached hydrogen (secondary N) is 1. The largest absolute Gasteiger partial charge is 0.460 e. The van der Waals surface area contributed by atoms with Gasteiger partial charge in [0.15, 0.2) is 5.82 Å². The molecule has 2 saturated heterocycles. The van der Waals surface area contributed by atoms with Gasteiger partial charge in [-0.2, -0.15) is 0 Å². The third-order valence-electron chi connectivity index (χ3n) is 7.64. The zero-order valence-corrected chi connectivity index (χ0v) is 26.5. The predicted octanol–water partition coefficient (Wildman–Crippen LogP) is 2.63. The second-order valence-corrected chi connectivity index (χ2v) is 12.1. The predicted molar refractivity (Wildman–Crippen MR) is 166 cm³/mol. The first kappa shape index (κ1) is 33.6. The van der Waals surface area contributed by atoms with Gasteiger partial charge in [-0.15, -0.1) is 0 Å². The number of aliphatic hydroxyl groups excluding tert-OH is 1. The number of carbonyl (C=O) groups is 4. The molecule has 2 unspecified atom stereocenters. The maximum absolute atomic E-state index is 13.8. The van der Waals surface area contributed by atoms with Gasteiger partial charge >= 0.3 is 12.1 Å². The van der Waals surface area contributed by atoms with Crippen molar-refractivity contribution in [2.75, 3.05) is 50.8 Å². The Kier molecular flexibility index (Phi) is 11.3. The van der Waals surface area contributed by atoms with E-state index in [4.69, 9.17) is 14.5 Å². The van der Waals surface area contributed by atoms with Crippen LogP contribution in [0, 0.1) is 0 Å². The van der Waals surface area contributed by atoms with Crippen molar-refractivity contribution in [1.82, 2.24) is 25.1 Å². The summed E-state index contributed by atoms with van der Waals surface area (Å²) >= 11 is 0. The number of aliphatic hydroxyl groups is 1. The van der Waals surface area contributed by atoms with Gasteiger partial charge in [0.05, 0.1) is 19.3 Å². The molecule has 2 fully saturated rings. The van der Waals surface area contributed by atoms with Crippen LogP contribution in [0.3, 0.4) is 0 Å². The van der Waals surface area contributed by atoms with Crippen molar-refractivity contribution in [2.45, 2.75) is 71.1 Å². The summed E-state index contributed by atoms with van der Waals surface area (Å²) in [6.45, 7) is 8.98. The number of amides is 3. The van der Waals surface area contributed by atoms with E-state index in [1.807, 2.05) is 35.2 Å². The summed E-state index contributed by atoms with van der Waals surface area (Å²) in [6, 6.07) is 9.66. The average molecular weight is 625 g/mol. The fourth-order valence-electron chi connectivity index (χ4n) is 5.43. The van der Waals surface area contributed by atoms with Crippen LogP contribution in [0.1, 0.15) is 63.9 Å². The molecule has 13 nitrogen and oxygen atoms in total. The van der Waals surface area contributed by atoms with E-state index in [1.54, 1.807) is 38.7 Å².